The Morgan fingerprint density at radius 1 is 1.30 bits per heavy atom. The van der Waals surface area contributed by atoms with Gasteiger partial charge in [0.1, 0.15) is 11.7 Å². The summed E-state index contributed by atoms with van der Waals surface area (Å²) in [6, 6.07) is 9.07. The summed E-state index contributed by atoms with van der Waals surface area (Å²) >= 11 is 5.98. The predicted molar refractivity (Wildman–Crippen MR) is 98.6 cm³/mol. The minimum atomic E-state index is -0.374. The fraction of sp³-hybridized carbons (Fsp3) is 0.222. The minimum Gasteiger partial charge on any atom is -0.348 e. The molecule has 9 heteroatoms. The SMILES string of the molecule is Cn1nc(Cl)cc1C(=O)N1CCc2[nH]cnc2C1c1cc2ccccn2n1. The number of aromatic amines is 1. The summed E-state index contributed by atoms with van der Waals surface area (Å²) in [4.78, 5) is 22.8. The van der Waals surface area contributed by atoms with Crippen molar-refractivity contribution in [3.8, 4) is 0 Å². The lowest BCUT2D eigenvalue weighted by atomic mass is 9.99. The number of hydrogen-bond acceptors (Lipinski definition) is 4. The standard InChI is InChI=1S/C18H16ClN7O/c1-24-14(9-15(19)23-24)18(27)25-7-5-12-16(21-10-20-12)17(25)13-8-11-4-2-3-6-26(11)22-13/h2-4,6,8-10,17H,5,7H2,1H3,(H,20,21). The van der Waals surface area contributed by atoms with Crippen LogP contribution in [0.25, 0.3) is 5.52 Å². The number of halogens is 1. The summed E-state index contributed by atoms with van der Waals surface area (Å²) < 4.78 is 3.31. The smallest absolute Gasteiger partial charge is 0.273 e. The van der Waals surface area contributed by atoms with Gasteiger partial charge in [-0.15, -0.1) is 0 Å². The first-order valence-electron chi connectivity index (χ1n) is 8.59. The van der Waals surface area contributed by atoms with Crippen LogP contribution >= 0.6 is 11.6 Å². The van der Waals surface area contributed by atoms with Crippen molar-refractivity contribution in [3.63, 3.8) is 0 Å². The van der Waals surface area contributed by atoms with Gasteiger partial charge < -0.3 is 9.88 Å². The fourth-order valence-electron chi connectivity index (χ4n) is 3.67. The van der Waals surface area contributed by atoms with E-state index in [1.165, 1.54) is 4.68 Å². The monoisotopic (exact) mass is 381 g/mol. The summed E-state index contributed by atoms with van der Waals surface area (Å²) in [6.45, 7) is 0.551. The van der Waals surface area contributed by atoms with Crippen molar-refractivity contribution in [2.75, 3.05) is 6.54 Å². The molecule has 0 aliphatic carbocycles. The Morgan fingerprint density at radius 2 is 2.19 bits per heavy atom. The maximum absolute atomic E-state index is 13.3. The number of carbonyl (C=O) groups is 1. The molecule has 0 fully saturated rings. The zero-order valence-corrected chi connectivity index (χ0v) is 15.3. The molecule has 1 atom stereocenters. The molecule has 1 N–H and O–H groups in total. The lowest BCUT2D eigenvalue weighted by Gasteiger charge is -2.33. The number of pyridine rings is 1. The molecule has 8 nitrogen and oxygen atoms in total. The third kappa shape index (κ3) is 2.52. The first-order valence-corrected chi connectivity index (χ1v) is 8.96. The van der Waals surface area contributed by atoms with Crippen molar-refractivity contribution in [2.45, 2.75) is 12.5 Å². The number of fused-ring (bicyclic) bond motifs is 2. The van der Waals surface area contributed by atoms with Crippen molar-refractivity contribution < 1.29 is 4.79 Å². The second kappa shape index (κ2) is 5.95. The Labute approximate surface area is 159 Å². The third-order valence-corrected chi connectivity index (χ3v) is 5.11. The van der Waals surface area contributed by atoms with E-state index in [0.29, 0.717) is 23.8 Å². The number of rotatable bonds is 2. The number of imidazole rings is 1. The van der Waals surface area contributed by atoms with Gasteiger partial charge in [-0.25, -0.2) is 9.50 Å². The second-order valence-corrected chi connectivity index (χ2v) is 6.92. The number of amides is 1. The molecule has 1 amide bonds. The first-order chi connectivity index (χ1) is 13.1. The minimum absolute atomic E-state index is 0.146. The zero-order chi connectivity index (χ0) is 18.5. The van der Waals surface area contributed by atoms with Crippen LogP contribution in [0.1, 0.15) is 33.6 Å². The quantitative estimate of drug-likeness (QED) is 0.577. The third-order valence-electron chi connectivity index (χ3n) is 4.92. The van der Waals surface area contributed by atoms with Crippen LogP contribution in [0.2, 0.25) is 5.15 Å². The average Bonchev–Trinajstić information content (AvgIpc) is 3.37. The maximum Gasteiger partial charge on any atom is 0.273 e. The molecule has 0 radical (unpaired) electrons. The second-order valence-electron chi connectivity index (χ2n) is 6.53. The highest BCUT2D eigenvalue weighted by atomic mass is 35.5. The van der Waals surface area contributed by atoms with Crippen LogP contribution in [-0.2, 0) is 13.5 Å². The summed E-state index contributed by atoms with van der Waals surface area (Å²) in [5.41, 5.74) is 4.03. The highest BCUT2D eigenvalue weighted by Gasteiger charge is 2.37. The van der Waals surface area contributed by atoms with Gasteiger partial charge in [-0.3, -0.25) is 9.48 Å². The molecule has 1 aliphatic heterocycles. The number of hydrogen-bond donors (Lipinski definition) is 1. The number of aromatic nitrogens is 6. The Morgan fingerprint density at radius 3 is 2.96 bits per heavy atom. The average molecular weight is 382 g/mol. The van der Waals surface area contributed by atoms with Gasteiger partial charge in [0, 0.05) is 38.0 Å². The van der Waals surface area contributed by atoms with Crippen LogP contribution in [0.5, 0.6) is 0 Å². The van der Waals surface area contributed by atoms with Crippen molar-refractivity contribution in [1.29, 1.82) is 0 Å². The molecule has 0 saturated carbocycles. The van der Waals surface area contributed by atoms with Crippen LogP contribution < -0.4 is 0 Å². The molecule has 27 heavy (non-hydrogen) atoms. The van der Waals surface area contributed by atoms with E-state index >= 15 is 0 Å². The molecule has 1 aliphatic rings. The van der Waals surface area contributed by atoms with Crippen molar-refractivity contribution >= 4 is 23.0 Å². The molecule has 5 heterocycles. The van der Waals surface area contributed by atoms with Crippen LogP contribution in [0.15, 0.2) is 42.9 Å². The van der Waals surface area contributed by atoms with Crippen LogP contribution in [0, 0.1) is 0 Å². The number of nitrogens with zero attached hydrogens (tertiary/aromatic N) is 6. The molecule has 4 aromatic rings. The van der Waals surface area contributed by atoms with Gasteiger partial charge in [-0.05, 0) is 18.2 Å². The number of aryl methyl sites for hydroxylation is 1. The molecule has 136 valence electrons. The predicted octanol–water partition coefficient (Wildman–Crippen LogP) is 2.23. The van der Waals surface area contributed by atoms with E-state index in [1.54, 1.807) is 28.9 Å². The van der Waals surface area contributed by atoms with Gasteiger partial charge in [-0.2, -0.15) is 10.2 Å². The van der Waals surface area contributed by atoms with Crippen molar-refractivity contribution in [3.05, 3.63) is 70.8 Å². The zero-order valence-electron chi connectivity index (χ0n) is 14.5. The van der Waals surface area contributed by atoms with E-state index in [2.05, 4.69) is 20.2 Å². The molecule has 0 saturated heterocycles. The Balaban J connectivity index is 1.64. The van der Waals surface area contributed by atoms with Crippen LogP contribution in [-0.4, -0.2) is 46.7 Å². The van der Waals surface area contributed by atoms with Crippen LogP contribution in [0.4, 0.5) is 0 Å². The highest BCUT2D eigenvalue weighted by molar-refractivity contribution is 6.29. The Bertz CT molecular complexity index is 1120. The van der Waals surface area contributed by atoms with Gasteiger partial charge in [0.15, 0.2) is 5.15 Å². The lowest BCUT2D eigenvalue weighted by molar-refractivity contribution is 0.0675. The van der Waals surface area contributed by atoms with E-state index in [1.807, 2.05) is 30.5 Å². The summed E-state index contributed by atoms with van der Waals surface area (Å²) in [5.74, 6) is -0.146. The number of carbonyl (C=O) groups excluding carboxylic acids is 1. The van der Waals surface area contributed by atoms with Gasteiger partial charge in [0.05, 0.1) is 23.2 Å². The summed E-state index contributed by atoms with van der Waals surface area (Å²) in [6.07, 6.45) is 4.26. The van der Waals surface area contributed by atoms with E-state index in [4.69, 9.17) is 11.6 Å². The van der Waals surface area contributed by atoms with Gasteiger partial charge in [0.2, 0.25) is 0 Å². The van der Waals surface area contributed by atoms with Crippen molar-refractivity contribution in [2.24, 2.45) is 7.05 Å². The molecule has 0 spiro atoms. The topological polar surface area (TPSA) is 84.1 Å². The number of H-pyrrole nitrogens is 1. The highest BCUT2D eigenvalue weighted by Crippen LogP contribution is 2.34. The fourth-order valence-corrected chi connectivity index (χ4v) is 3.88. The molecule has 4 aromatic heterocycles. The lowest BCUT2D eigenvalue weighted by Crippen LogP contribution is -2.41. The maximum atomic E-state index is 13.3. The molecule has 0 bridgehead atoms. The number of nitrogens with one attached hydrogen (secondary N) is 1. The van der Waals surface area contributed by atoms with E-state index in [9.17, 15) is 4.79 Å². The van der Waals surface area contributed by atoms with E-state index in [-0.39, 0.29) is 11.9 Å². The Kier molecular flexibility index (Phi) is 3.54. The van der Waals surface area contributed by atoms with Gasteiger partial charge >= 0.3 is 0 Å². The molecule has 5 rings (SSSR count). The summed E-state index contributed by atoms with van der Waals surface area (Å²) in [5, 5.41) is 9.07. The first kappa shape index (κ1) is 16.1. The normalized spacial score (nSPS) is 16.7. The largest absolute Gasteiger partial charge is 0.348 e. The van der Waals surface area contributed by atoms with Crippen molar-refractivity contribution in [1.82, 2.24) is 34.3 Å². The van der Waals surface area contributed by atoms with E-state index in [0.717, 1.165) is 22.6 Å². The van der Waals surface area contributed by atoms with Gasteiger partial charge in [0.25, 0.3) is 5.91 Å². The summed E-state index contributed by atoms with van der Waals surface area (Å²) in [7, 11) is 1.71. The molecular weight excluding hydrogens is 366 g/mol. The van der Waals surface area contributed by atoms with Crippen LogP contribution in [0.3, 0.4) is 0 Å². The molecule has 0 aromatic carbocycles. The van der Waals surface area contributed by atoms with Gasteiger partial charge in [-0.1, -0.05) is 17.7 Å². The molecule has 1 unspecified atom stereocenters. The van der Waals surface area contributed by atoms with E-state index < -0.39 is 0 Å². The Hall–Kier alpha value is -3.13. The molecular formula is C18H16ClN7O.